The van der Waals surface area contributed by atoms with Crippen LogP contribution in [0.3, 0.4) is 0 Å². The summed E-state index contributed by atoms with van der Waals surface area (Å²) in [6.45, 7) is 1.99. The molecule has 0 aliphatic carbocycles. The van der Waals surface area contributed by atoms with Crippen LogP contribution in [0.15, 0.2) is 48.5 Å². The van der Waals surface area contributed by atoms with E-state index < -0.39 is 17.9 Å². The third-order valence-electron chi connectivity index (χ3n) is 3.70. The number of carbonyl (C=O) groups excluding carboxylic acids is 1. The quantitative estimate of drug-likeness (QED) is 0.836. The van der Waals surface area contributed by atoms with E-state index in [-0.39, 0.29) is 23.6 Å². The summed E-state index contributed by atoms with van der Waals surface area (Å²) < 4.78 is 0. The van der Waals surface area contributed by atoms with Gasteiger partial charge in [0.15, 0.2) is 0 Å². The molecule has 6 heteroatoms. The summed E-state index contributed by atoms with van der Waals surface area (Å²) in [6.07, 6.45) is 0.223. The van der Waals surface area contributed by atoms with Gasteiger partial charge >= 0.3 is 5.97 Å². The highest BCUT2D eigenvalue weighted by atomic mass is 35.5. The first-order valence-electron chi connectivity index (χ1n) is 7.46. The topological polar surface area (TPSA) is 57.6 Å². The molecule has 2 aromatic rings. The van der Waals surface area contributed by atoms with Crippen LogP contribution >= 0.6 is 23.2 Å². The van der Waals surface area contributed by atoms with Crippen molar-refractivity contribution in [2.75, 3.05) is 6.54 Å². The second-order valence-electron chi connectivity index (χ2n) is 5.26. The third-order valence-corrected chi connectivity index (χ3v) is 4.24. The normalized spacial score (nSPS) is 11.8. The first kappa shape index (κ1) is 18.3. The SMILES string of the molecule is CCN(C(=O)c1ccc(Cl)cc1Cl)[C@@H](Cc1ccccc1)C(=O)O. The van der Waals surface area contributed by atoms with E-state index in [1.54, 1.807) is 13.0 Å². The van der Waals surface area contributed by atoms with Gasteiger partial charge in [0.25, 0.3) is 5.91 Å². The van der Waals surface area contributed by atoms with Crippen LogP contribution in [0, 0.1) is 0 Å². The van der Waals surface area contributed by atoms with Crippen LogP contribution in [0.5, 0.6) is 0 Å². The number of hydrogen-bond acceptors (Lipinski definition) is 2. The Balaban J connectivity index is 2.31. The molecule has 126 valence electrons. The molecule has 0 saturated carbocycles. The van der Waals surface area contributed by atoms with Gasteiger partial charge in [-0.15, -0.1) is 0 Å². The van der Waals surface area contributed by atoms with Crippen LogP contribution in [0.4, 0.5) is 0 Å². The first-order chi connectivity index (χ1) is 11.4. The van der Waals surface area contributed by atoms with Gasteiger partial charge in [-0.2, -0.15) is 0 Å². The molecule has 4 nitrogen and oxygen atoms in total. The lowest BCUT2D eigenvalue weighted by Crippen LogP contribution is -2.46. The molecule has 0 aliphatic rings. The summed E-state index contributed by atoms with van der Waals surface area (Å²) in [6, 6.07) is 12.8. The van der Waals surface area contributed by atoms with Crippen LogP contribution in [-0.4, -0.2) is 34.5 Å². The van der Waals surface area contributed by atoms with Crippen molar-refractivity contribution in [3.8, 4) is 0 Å². The Morgan fingerprint density at radius 3 is 2.33 bits per heavy atom. The fraction of sp³-hybridized carbons (Fsp3) is 0.222. The van der Waals surface area contributed by atoms with Crippen LogP contribution in [0.25, 0.3) is 0 Å². The summed E-state index contributed by atoms with van der Waals surface area (Å²) in [5, 5.41) is 10.2. The van der Waals surface area contributed by atoms with Crippen LogP contribution in [0.2, 0.25) is 10.0 Å². The molecular weight excluding hydrogens is 349 g/mol. The highest BCUT2D eigenvalue weighted by Crippen LogP contribution is 2.23. The molecule has 2 aromatic carbocycles. The van der Waals surface area contributed by atoms with Gasteiger partial charge in [0.05, 0.1) is 10.6 Å². The molecule has 0 bridgehead atoms. The first-order valence-corrected chi connectivity index (χ1v) is 8.22. The minimum absolute atomic E-state index is 0.204. The van der Waals surface area contributed by atoms with E-state index in [2.05, 4.69) is 0 Å². The number of nitrogens with zero attached hydrogens (tertiary/aromatic N) is 1. The number of aliphatic carboxylic acids is 1. The highest BCUT2D eigenvalue weighted by molar-refractivity contribution is 6.36. The fourth-order valence-corrected chi connectivity index (χ4v) is 2.98. The summed E-state index contributed by atoms with van der Waals surface area (Å²) >= 11 is 11.9. The monoisotopic (exact) mass is 365 g/mol. The van der Waals surface area contributed by atoms with Gasteiger partial charge in [0.1, 0.15) is 6.04 Å². The minimum Gasteiger partial charge on any atom is -0.480 e. The number of carboxylic acids is 1. The highest BCUT2D eigenvalue weighted by Gasteiger charge is 2.30. The van der Waals surface area contributed by atoms with Crippen molar-refractivity contribution >= 4 is 35.1 Å². The van der Waals surface area contributed by atoms with E-state index in [9.17, 15) is 14.7 Å². The predicted octanol–water partition coefficient (Wildman–Crippen LogP) is 4.15. The molecule has 24 heavy (non-hydrogen) atoms. The Hall–Kier alpha value is -2.04. The maximum atomic E-state index is 12.8. The maximum absolute atomic E-state index is 12.8. The van der Waals surface area contributed by atoms with Crippen molar-refractivity contribution in [1.29, 1.82) is 0 Å². The summed E-state index contributed by atoms with van der Waals surface area (Å²) in [5.74, 6) is -1.48. The molecule has 0 unspecified atom stereocenters. The molecular formula is C18H17Cl2NO3. The van der Waals surface area contributed by atoms with Crippen molar-refractivity contribution in [1.82, 2.24) is 4.90 Å². The average molecular weight is 366 g/mol. The molecule has 0 aliphatic heterocycles. The molecule has 0 aromatic heterocycles. The van der Waals surface area contributed by atoms with E-state index in [1.165, 1.54) is 17.0 Å². The Kier molecular flexibility index (Phi) is 6.23. The molecule has 0 spiro atoms. The minimum atomic E-state index is -1.06. The van der Waals surface area contributed by atoms with Crippen molar-refractivity contribution in [2.24, 2.45) is 0 Å². The third kappa shape index (κ3) is 4.28. The zero-order chi connectivity index (χ0) is 17.7. The molecule has 0 heterocycles. The lowest BCUT2D eigenvalue weighted by molar-refractivity contribution is -0.142. The summed E-state index contributed by atoms with van der Waals surface area (Å²) in [4.78, 5) is 25.8. The molecule has 1 N–H and O–H groups in total. The van der Waals surface area contributed by atoms with E-state index in [4.69, 9.17) is 23.2 Å². The predicted molar refractivity (Wildman–Crippen MR) is 94.7 cm³/mol. The Morgan fingerprint density at radius 1 is 1.12 bits per heavy atom. The van der Waals surface area contributed by atoms with Gasteiger partial charge < -0.3 is 10.0 Å². The Labute approximate surface area is 150 Å². The number of rotatable bonds is 6. The zero-order valence-corrected chi connectivity index (χ0v) is 14.6. The van der Waals surface area contributed by atoms with Gasteiger partial charge in [0, 0.05) is 18.0 Å². The Bertz CT molecular complexity index is 734. The van der Waals surface area contributed by atoms with E-state index >= 15 is 0 Å². The number of carbonyl (C=O) groups is 2. The summed E-state index contributed by atoms with van der Waals surface area (Å²) in [7, 11) is 0. The molecule has 1 amide bonds. The van der Waals surface area contributed by atoms with E-state index in [0.717, 1.165) is 5.56 Å². The number of amides is 1. The number of halogens is 2. The molecule has 0 fully saturated rings. The smallest absolute Gasteiger partial charge is 0.326 e. The van der Waals surface area contributed by atoms with Gasteiger partial charge in [0.2, 0.25) is 0 Å². The Morgan fingerprint density at radius 2 is 1.79 bits per heavy atom. The maximum Gasteiger partial charge on any atom is 0.326 e. The second kappa shape index (κ2) is 8.18. The molecule has 1 atom stereocenters. The van der Waals surface area contributed by atoms with Crippen LogP contribution in [0.1, 0.15) is 22.8 Å². The lowest BCUT2D eigenvalue weighted by atomic mass is 10.0. The fourth-order valence-electron chi connectivity index (χ4n) is 2.49. The summed E-state index contributed by atoms with van der Waals surface area (Å²) in [5.41, 5.74) is 1.08. The second-order valence-corrected chi connectivity index (χ2v) is 6.10. The van der Waals surface area contributed by atoms with Crippen molar-refractivity contribution in [3.05, 3.63) is 69.7 Å². The largest absolute Gasteiger partial charge is 0.480 e. The van der Waals surface area contributed by atoms with E-state index in [0.29, 0.717) is 5.02 Å². The van der Waals surface area contributed by atoms with E-state index in [1.807, 2.05) is 30.3 Å². The molecule has 2 rings (SSSR count). The van der Waals surface area contributed by atoms with Crippen LogP contribution < -0.4 is 0 Å². The number of likely N-dealkylation sites (N-methyl/N-ethyl adjacent to an activating group) is 1. The molecule has 0 radical (unpaired) electrons. The van der Waals surface area contributed by atoms with Gasteiger partial charge in [-0.25, -0.2) is 4.79 Å². The lowest BCUT2D eigenvalue weighted by Gasteiger charge is -2.28. The number of benzene rings is 2. The number of hydrogen-bond donors (Lipinski definition) is 1. The van der Waals surface area contributed by atoms with Crippen molar-refractivity contribution < 1.29 is 14.7 Å². The van der Waals surface area contributed by atoms with Crippen LogP contribution in [-0.2, 0) is 11.2 Å². The van der Waals surface area contributed by atoms with Gasteiger partial charge in [-0.05, 0) is 30.7 Å². The standard InChI is InChI=1S/C18H17Cl2NO3/c1-2-21(17(22)14-9-8-13(19)11-15(14)20)16(18(23)24)10-12-6-4-3-5-7-12/h3-9,11,16H,2,10H2,1H3,(H,23,24)/t16-/m0/s1. The average Bonchev–Trinajstić information content (AvgIpc) is 2.55. The number of carboxylic acid groups (broad SMARTS) is 1. The van der Waals surface area contributed by atoms with Crippen molar-refractivity contribution in [2.45, 2.75) is 19.4 Å². The zero-order valence-electron chi connectivity index (χ0n) is 13.1. The molecule has 0 saturated heterocycles. The van der Waals surface area contributed by atoms with Crippen molar-refractivity contribution in [3.63, 3.8) is 0 Å². The van der Waals surface area contributed by atoms with Gasteiger partial charge in [-0.1, -0.05) is 53.5 Å². The van der Waals surface area contributed by atoms with Gasteiger partial charge in [-0.3, -0.25) is 4.79 Å².